The molecule has 8 N–H and O–H groups in total. The number of hydrogen-bond acceptors (Lipinski definition) is 11. The Hall–Kier alpha value is -5.98. The minimum Gasteiger partial charge on any atom is -0.492 e. The van der Waals surface area contributed by atoms with Gasteiger partial charge < -0.3 is 56.4 Å². The highest BCUT2D eigenvalue weighted by atomic mass is 35.5. The van der Waals surface area contributed by atoms with Gasteiger partial charge in [0.2, 0.25) is 24.1 Å². The second-order valence-electron chi connectivity index (χ2n) is 18.8. The van der Waals surface area contributed by atoms with E-state index >= 15 is 0 Å². The van der Waals surface area contributed by atoms with Crippen LogP contribution in [-0.4, -0.2) is 113 Å². The lowest BCUT2D eigenvalue weighted by Gasteiger charge is -2.64. The summed E-state index contributed by atoms with van der Waals surface area (Å²) >= 11 is 6.04. The predicted octanol–water partition coefficient (Wildman–Crippen LogP) is 4.46. The predicted molar refractivity (Wildman–Crippen MR) is 264 cm³/mol. The molecule has 1 heterocycles. The fourth-order valence-electron chi connectivity index (χ4n) is 9.97. The molecule has 3 aliphatic carbocycles. The zero-order valence-electron chi connectivity index (χ0n) is 39.8. The molecule has 8 rings (SSSR count). The normalized spacial score (nSPS) is 20.6. The standard InChI is InChI=1S/C51H63BClN7O9/c1-31(60(5)47(63)28-57-48(64)35-9-7-33(8-10-35)34-11-14-38(53)15-12-34)36-13-17-43(67-21-19-55)40(24-36)39-22-32(6-16-42(39)66-20-18-54)23-41(59-46(62)27-56-30-61)49(65)58-29-52-68-45-26-37-25-44(50(37,2)3)51(45,4)69-52/h6-17,22,24,30-31,37,41,44-45H,18-21,23,25-29,54-55H2,1-5H3,(H,56,61)(H,57,64)(H,58,65)(H,59,62)/t31?,37?,41?,44-,45+,51-/m0/s1. The van der Waals surface area contributed by atoms with E-state index in [1.165, 1.54) is 0 Å². The van der Waals surface area contributed by atoms with Gasteiger partial charge in [0, 0.05) is 48.3 Å². The van der Waals surface area contributed by atoms with Crippen molar-refractivity contribution in [3.8, 4) is 33.8 Å². The number of carbonyl (C=O) groups is 5. The van der Waals surface area contributed by atoms with Gasteiger partial charge in [0.1, 0.15) is 30.8 Å². The van der Waals surface area contributed by atoms with Crippen molar-refractivity contribution < 1.29 is 42.8 Å². The minimum atomic E-state index is -1.06. The minimum absolute atomic E-state index is 0.0536. The maximum Gasteiger partial charge on any atom is 0.478 e. The lowest BCUT2D eigenvalue weighted by Crippen LogP contribution is -2.65. The number of nitrogens with zero attached hydrogens (tertiary/aromatic N) is 1. The maximum atomic E-state index is 14.0. The van der Waals surface area contributed by atoms with E-state index in [9.17, 15) is 24.0 Å². The van der Waals surface area contributed by atoms with E-state index in [-0.39, 0.29) is 75.6 Å². The first kappa shape index (κ1) is 50.9. The molecule has 6 atom stereocenters. The van der Waals surface area contributed by atoms with E-state index in [1.54, 1.807) is 54.4 Å². The van der Waals surface area contributed by atoms with Gasteiger partial charge in [0.15, 0.2) is 0 Å². The van der Waals surface area contributed by atoms with Crippen molar-refractivity contribution in [1.82, 2.24) is 26.2 Å². The van der Waals surface area contributed by atoms with E-state index < -0.39 is 36.6 Å². The topological polar surface area (TPSA) is 226 Å². The summed E-state index contributed by atoms with van der Waals surface area (Å²) in [6.45, 7) is 8.88. The summed E-state index contributed by atoms with van der Waals surface area (Å²) in [7, 11) is 1.01. The molecule has 0 radical (unpaired) electrons. The molecule has 366 valence electrons. The van der Waals surface area contributed by atoms with Crippen LogP contribution in [0.25, 0.3) is 22.3 Å². The molecule has 4 aromatic carbocycles. The fraction of sp³-hybridized carbons (Fsp3) is 0.431. The number of benzene rings is 4. The lowest BCUT2D eigenvalue weighted by molar-refractivity contribution is -0.199. The molecule has 4 aliphatic rings. The summed E-state index contributed by atoms with van der Waals surface area (Å²) in [6, 6.07) is 24.0. The van der Waals surface area contributed by atoms with Gasteiger partial charge in [0.05, 0.1) is 37.3 Å². The molecule has 18 heteroatoms. The van der Waals surface area contributed by atoms with Gasteiger partial charge in [-0.3, -0.25) is 24.0 Å². The Labute approximate surface area is 409 Å². The van der Waals surface area contributed by atoms with Crippen LogP contribution < -0.4 is 42.2 Å². The van der Waals surface area contributed by atoms with Crippen molar-refractivity contribution in [1.29, 1.82) is 0 Å². The van der Waals surface area contributed by atoms with Crippen molar-refractivity contribution >= 4 is 48.8 Å². The Morgan fingerprint density at radius 1 is 0.870 bits per heavy atom. The number of hydrogen-bond donors (Lipinski definition) is 6. The second-order valence-corrected chi connectivity index (χ2v) is 19.2. The van der Waals surface area contributed by atoms with Gasteiger partial charge in [-0.1, -0.05) is 61.8 Å². The maximum absolute atomic E-state index is 14.0. The number of halogens is 1. The highest BCUT2D eigenvalue weighted by Crippen LogP contribution is 2.65. The van der Waals surface area contributed by atoms with Crippen molar-refractivity contribution in [3.05, 3.63) is 107 Å². The molecule has 1 aliphatic heterocycles. The molecular weight excluding hydrogens is 901 g/mol. The second kappa shape index (κ2) is 22.2. The van der Waals surface area contributed by atoms with Crippen LogP contribution in [0.5, 0.6) is 11.5 Å². The first-order valence-electron chi connectivity index (χ1n) is 23.5. The summed E-state index contributed by atoms with van der Waals surface area (Å²) in [5, 5.41) is 11.5. The molecule has 69 heavy (non-hydrogen) atoms. The van der Waals surface area contributed by atoms with Crippen LogP contribution in [0.2, 0.25) is 5.02 Å². The number of rotatable bonds is 22. The lowest BCUT2D eigenvalue weighted by atomic mass is 9.43. The largest absolute Gasteiger partial charge is 0.492 e. The third kappa shape index (κ3) is 11.6. The first-order valence-corrected chi connectivity index (χ1v) is 23.8. The third-order valence-corrected chi connectivity index (χ3v) is 14.4. The first-order chi connectivity index (χ1) is 33.1. The molecule has 0 aromatic heterocycles. The molecule has 0 spiro atoms. The van der Waals surface area contributed by atoms with Crippen molar-refractivity contribution in [2.24, 2.45) is 28.7 Å². The van der Waals surface area contributed by atoms with Crippen LogP contribution in [0.3, 0.4) is 0 Å². The fourth-order valence-corrected chi connectivity index (χ4v) is 10.1. The average molecular weight is 964 g/mol. The highest BCUT2D eigenvalue weighted by molar-refractivity contribution is 6.46. The van der Waals surface area contributed by atoms with E-state index in [1.807, 2.05) is 49.4 Å². The Morgan fingerprint density at radius 3 is 2.14 bits per heavy atom. The smallest absolute Gasteiger partial charge is 0.478 e. The molecule has 1 saturated heterocycles. The number of nitrogens with two attached hydrogens (primary N) is 2. The highest BCUT2D eigenvalue weighted by Gasteiger charge is 2.67. The quantitative estimate of drug-likeness (QED) is 0.0477. The molecule has 2 bridgehead atoms. The monoisotopic (exact) mass is 963 g/mol. The van der Waals surface area contributed by atoms with Gasteiger partial charge >= 0.3 is 7.12 Å². The Morgan fingerprint density at radius 2 is 1.51 bits per heavy atom. The average Bonchev–Trinajstić information content (AvgIpc) is 3.71. The van der Waals surface area contributed by atoms with Crippen molar-refractivity contribution in [3.63, 3.8) is 0 Å². The van der Waals surface area contributed by atoms with Crippen LogP contribution >= 0.6 is 11.6 Å². The summed E-state index contributed by atoms with van der Waals surface area (Å²) in [5.41, 5.74) is 16.4. The van der Waals surface area contributed by atoms with E-state index in [4.69, 9.17) is 41.9 Å². The summed E-state index contributed by atoms with van der Waals surface area (Å²) in [6.07, 6.45) is 2.48. The van der Waals surface area contributed by atoms with Gasteiger partial charge in [0.25, 0.3) is 5.91 Å². The van der Waals surface area contributed by atoms with Gasteiger partial charge in [-0.2, -0.15) is 0 Å². The number of carbonyl (C=O) groups excluding carboxylic acids is 5. The molecule has 3 saturated carbocycles. The van der Waals surface area contributed by atoms with Crippen LogP contribution in [0.15, 0.2) is 84.9 Å². The van der Waals surface area contributed by atoms with Gasteiger partial charge in [-0.15, -0.1) is 0 Å². The number of amides is 5. The Balaban J connectivity index is 1.08. The molecule has 4 aromatic rings. The molecular formula is C51H63BClN7O9. The van der Waals surface area contributed by atoms with Crippen LogP contribution in [-0.2, 0) is 34.9 Å². The molecule has 4 fully saturated rings. The van der Waals surface area contributed by atoms with Gasteiger partial charge in [-0.05, 0) is 115 Å². The zero-order chi connectivity index (χ0) is 49.5. The molecule has 5 amide bonds. The van der Waals surface area contributed by atoms with Crippen LogP contribution in [0.1, 0.15) is 68.1 Å². The van der Waals surface area contributed by atoms with Gasteiger partial charge in [-0.25, -0.2) is 0 Å². The number of nitrogens with one attached hydrogen (secondary N) is 4. The number of likely N-dealkylation sites (N-methyl/N-ethyl adjacent to an activating group) is 1. The van der Waals surface area contributed by atoms with Crippen molar-refractivity contribution in [2.45, 2.75) is 70.7 Å². The van der Waals surface area contributed by atoms with Crippen LogP contribution in [0, 0.1) is 17.3 Å². The van der Waals surface area contributed by atoms with E-state index in [0.717, 1.165) is 29.5 Å². The zero-order valence-corrected chi connectivity index (χ0v) is 40.6. The molecule has 16 nitrogen and oxygen atoms in total. The van der Waals surface area contributed by atoms with E-state index in [0.29, 0.717) is 57.0 Å². The summed E-state index contributed by atoms with van der Waals surface area (Å²) in [5.74, 6) is 0.162. The van der Waals surface area contributed by atoms with E-state index in [2.05, 4.69) is 42.0 Å². The summed E-state index contributed by atoms with van der Waals surface area (Å²) < 4.78 is 25.2. The SMILES string of the molecule is CC(c1ccc(OCCN)c(-c2cc(CC(NC(=O)CNC=O)C(=O)NCB3O[C@@H]4CC5C[C@@H](C5(C)C)[C@]4(C)O3)ccc2OCCN)c1)N(C)C(=O)CNC(=O)c1ccc(-c2ccc(Cl)cc2)cc1. The summed E-state index contributed by atoms with van der Waals surface area (Å²) in [4.78, 5) is 66.4. The Kier molecular flexibility index (Phi) is 16.4. The van der Waals surface area contributed by atoms with Crippen molar-refractivity contribution in [2.75, 3.05) is 52.9 Å². The Bertz CT molecular complexity index is 2500. The van der Waals surface area contributed by atoms with Crippen LogP contribution in [0.4, 0.5) is 0 Å². The molecule has 3 unspecified atom stereocenters. The number of ether oxygens (including phenoxy) is 2. The third-order valence-electron chi connectivity index (χ3n) is 14.2.